The zero-order valence-electron chi connectivity index (χ0n) is 24.8. The minimum atomic E-state index is -2.84. The Balaban J connectivity index is 1.82. The summed E-state index contributed by atoms with van der Waals surface area (Å²) in [5.74, 6) is -6.85. The van der Waals surface area contributed by atoms with Crippen molar-refractivity contribution in [2.75, 3.05) is 33.1 Å². The average Bonchev–Trinajstić information content (AvgIpc) is 2.93. The van der Waals surface area contributed by atoms with Gasteiger partial charge in [-0.1, -0.05) is 24.3 Å². The van der Waals surface area contributed by atoms with Crippen molar-refractivity contribution in [2.45, 2.75) is 36.9 Å². The van der Waals surface area contributed by atoms with Crippen LogP contribution in [0.1, 0.15) is 34.8 Å². The largest absolute Gasteiger partial charge is 0.508 e. The van der Waals surface area contributed by atoms with Crippen molar-refractivity contribution in [3.8, 4) is 11.1 Å². The van der Waals surface area contributed by atoms with E-state index in [1.54, 1.807) is 49.3 Å². The number of aliphatic hydroxyl groups is 3. The predicted molar refractivity (Wildman–Crippen MR) is 161 cm³/mol. The first-order valence-electron chi connectivity index (χ1n) is 13.8. The van der Waals surface area contributed by atoms with Crippen LogP contribution in [0.25, 0.3) is 16.9 Å². The number of Topliss-reactive ketones (excluding diaryl/α,β-unsaturated/α-hetero) is 3. The van der Waals surface area contributed by atoms with Crippen molar-refractivity contribution in [1.29, 1.82) is 0 Å². The molecule has 1 saturated carbocycles. The second kappa shape index (κ2) is 10.2. The molecule has 0 saturated heterocycles. The summed E-state index contributed by atoms with van der Waals surface area (Å²) in [6, 6.07) is 6.85. The Kier molecular flexibility index (Phi) is 7.11. The summed E-state index contributed by atoms with van der Waals surface area (Å²) in [5, 5.41) is 38.1. The Morgan fingerprint density at radius 3 is 2.18 bits per heavy atom. The quantitative estimate of drug-likeness (QED) is 0.182. The van der Waals surface area contributed by atoms with Gasteiger partial charge in [-0.05, 0) is 56.2 Å². The Bertz CT molecular complexity index is 1740. The van der Waals surface area contributed by atoms with E-state index in [2.05, 4.69) is 5.18 Å². The number of amides is 1. The van der Waals surface area contributed by atoms with Crippen molar-refractivity contribution in [2.24, 2.45) is 22.6 Å². The standard InChI is InChI=1S/C31H33N5O8/c1-13(37)14-6-8-15(9-7-14)16-10-19(35(2)3)17-11-30(33)12-18-24(36(4)5)26(39)21(29(32)42)27(40)31(18,43)28(41)22(30)25(38)20(17)23(16)34-44/h6-10,18,24,38,40,43H,11-12,33H2,1-5H3,(H2,32,42)/t18-,24-,30+,31+/m0/s1. The van der Waals surface area contributed by atoms with Gasteiger partial charge in [0, 0.05) is 36.8 Å². The molecule has 0 unspecified atom stereocenters. The van der Waals surface area contributed by atoms with Gasteiger partial charge < -0.3 is 31.7 Å². The van der Waals surface area contributed by atoms with Crippen LogP contribution in [0.4, 0.5) is 11.4 Å². The fraction of sp³-hybridized carbons (Fsp3) is 0.355. The van der Waals surface area contributed by atoms with Gasteiger partial charge in [-0.2, -0.15) is 0 Å². The SMILES string of the molecule is CC(=O)c1ccc(-c2cc(N(C)C)c3c(c2N=O)C(O)=C2C(=O)[C@]4(O)C(O)=C(C(N)=O)C(=O)[C@@H](N(C)C)[C@@H]4C[C@]2(N)C3)cc1. The molecule has 1 amide bonds. The number of carbonyl (C=O) groups is 4. The van der Waals surface area contributed by atoms with E-state index in [1.807, 2.05) is 0 Å². The number of anilines is 1. The van der Waals surface area contributed by atoms with Crippen molar-refractivity contribution >= 4 is 40.4 Å². The van der Waals surface area contributed by atoms with Crippen LogP contribution in [0.15, 0.2) is 52.4 Å². The summed E-state index contributed by atoms with van der Waals surface area (Å²) in [6.07, 6.45) is -0.384. The summed E-state index contributed by atoms with van der Waals surface area (Å²) in [5.41, 5.74) is 8.27. The molecular weight excluding hydrogens is 570 g/mol. The van der Waals surface area contributed by atoms with Crippen LogP contribution in [0.2, 0.25) is 0 Å². The third kappa shape index (κ3) is 4.11. The molecule has 44 heavy (non-hydrogen) atoms. The molecule has 0 spiro atoms. The van der Waals surface area contributed by atoms with Crippen LogP contribution in [0.5, 0.6) is 0 Å². The van der Waals surface area contributed by atoms with Gasteiger partial charge in [-0.25, -0.2) is 0 Å². The van der Waals surface area contributed by atoms with Crippen LogP contribution < -0.4 is 16.4 Å². The first-order valence-corrected chi connectivity index (χ1v) is 13.8. The van der Waals surface area contributed by atoms with E-state index in [0.29, 0.717) is 27.9 Å². The molecule has 0 aliphatic heterocycles. The molecule has 13 nitrogen and oxygen atoms in total. The third-order valence-electron chi connectivity index (χ3n) is 9.01. The lowest BCUT2D eigenvalue weighted by atomic mass is 9.55. The molecule has 0 aromatic heterocycles. The maximum atomic E-state index is 14.3. The van der Waals surface area contributed by atoms with Crippen molar-refractivity contribution in [3.05, 3.63) is 68.8 Å². The van der Waals surface area contributed by atoms with Crippen molar-refractivity contribution in [3.63, 3.8) is 0 Å². The first kappa shape index (κ1) is 30.7. The number of nitrogens with zero attached hydrogens (tertiary/aromatic N) is 3. The van der Waals surface area contributed by atoms with E-state index < -0.39 is 63.2 Å². The molecule has 230 valence electrons. The normalized spacial score (nSPS) is 26.3. The molecule has 13 heteroatoms. The lowest BCUT2D eigenvalue weighted by Crippen LogP contribution is -2.70. The summed E-state index contributed by atoms with van der Waals surface area (Å²) in [7, 11) is 6.50. The van der Waals surface area contributed by atoms with E-state index in [0.717, 1.165) is 0 Å². The first-order chi connectivity index (χ1) is 20.5. The van der Waals surface area contributed by atoms with E-state index in [1.165, 1.54) is 25.9 Å². The minimum Gasteiger partial charge on any atom is -0.508 e. The number of hydrogen-bond acceptors (Lipinski definition) is 12. The summed E-state index contributed by atoms with van der Waals surface area (Å²) in [4.78, 5) is 67.3. The highest BCUT2D eigenvalue weighted by atomic mass is 16.3. The van der Waals surface area contributed by atoms with Gasteiger partial charge in [0.05, 0.1) is 22.7 Å². The molecule has 0 heterocycles. The molecule has 2 aromatic rings. The minimum absolute atomic E-state index is 0.0852. The fourth-order valence-corrected chi connectivity index (χ4v) is 7.00. The molecule has 5 rings (SSSR count). The molecule has 4 atom stereocenters. The van der Waals surface area contributed by atoms with Crippen molar-refractivity contribution < 1.29 is 34.5 Å². The number of primary amides is 1. The van der Waals surface area contributed by atoms with E-state index in [4.69, 9.17) is 11.5 Å². The number of hydrogen-bond donors (Lipinski definition) is 5. The fourth-order valence-electron chi connectivity index (χ4n) is 7.00. The van der Waals surface area contributed by atoms with Crippen LogP contribution in [-0.4, -0.2) is 88.8 Å². The highest BCUT2D eigenvalue weighted by Gasteiger charge is 2.67. The number of aliphatic hydroxyl groups excluding tert-OH is 2. The third-order valence-corrected chi connectivity index (χ3v) is 9.01. The zero-order valence-corrected chi connectivity index (χ0v) is 24.8. The number of carbonyl (C=O) groups excluding carboxylic acids is 4. The lowest BCUT2D eigenvalue weighted by Gasteiger charge is -2.53. The van der Waals surface area contributed by atoms with Gasteiger partial charge in [-0.15, -0.1) is 4.91 Å². The maximum absolute atomic E-state index is 14.3. The van der Waals surface area contributed by atoms with Crippen LogP contribution in [-0.2, 0) is 20.8 Å². The second-order valence-electron chi connectivity index (χ2n) is 12.1. The zero-order chi connectivity index (χ0) is 32.6. The Morgan fingerprint density at radius 1 is 1.07 bits per heavy atom. The molecule has 0 bridgehead atoms. The number of fused-ring (bicyclic) bond motifs is 3. The molecule has 0 radical (unpaired) electrons. The molecular formula is C31H33N5O8. The van der Waals surface area contributed by atoms with Crippen LogP contribution in [0, 0.1) is 10.8 Å². The van der Waals surface area contributed by atoms with Gasteiger partial charge >= 0.3 is 0 Å². The number of nitrogens with two attached hydrogens (primary N) is 2. The number of ketones is 3. The lowest BCUT2D eigenvalue weighted by molar-refractivity contribution is -0.154. The van der Waals surface area contributed by atoms with Gasteiger partial charge in [0.25, 0.3) is 5.91 Å². The summed E-state index contributed by atoms with van der Waals surface area (Å²) >= 11 is 0. The molecule has 7 N–H and O–H groups in total. The topological polar surface area (TPSA) is 217 Å². The monoisotopic (exact) mass is 603 g/mol. The Morgan fingerprint density at radius 2 is 1.68 bits per heavy atom. The highest BCUT2D eigenvalue weighted by Crippen LogP contribution is 2.55. The van der Waals surface area contributed by atoms with E-state index >= 15 is 0 Å². The highest BCUT2D eigenvalue weighted by molar-refractivity contribution is 6.25. The number of likely N-dealkylation sites (N-methyl/N-ethyl adjacent to an activating group) is 1. The van der Waals surface area contributed by atoms with Crippen LogP contribution >= 0.6 is 0 Å². The smallest absolute Gasteiger partial charge is 0.255 e. The average molecular weight is 604 g/mol. The number of rotatable bonds is 6. The van der Waals surface area contributed by atoms with Gasteiger partial charge in [0.1, 0.15) is 22.8 Å². The van der Waals surface area contributed by atoms with Gasteiger partial charge in [0.2, 0.25) is 5.78 Å². The second-order valence-corrected chi connectivity index (χ2v) is 12.1. The Hall–Kier alpha value is -4.72. The van der Waals surface area contributed by atoms with Crippen molar-refractivity contribution in [1.82, 2.24) is 4.90 Å². The van der Waals surface area contributed by atoms with E-state index in [9.17, 15) is 39.4 Å². The van der Waals surface area contributed by atoms with Gasteiger partial charge in [0.15, 0.2) is 17.2 Å². The predicted octanol–water partition coefficient (Wildman–Crippen LogP) is 1.67. The molecule has 3 aliphatic carbocycles. The molecule has 2 aromatic carbocycles. The Labute approximate surface area is 252 Å². The van der Waals surface area contributed by atoms with Gasteiger partial charge in [-0.3, -0.25) is 24.1 Å². The summed E-state index contributed by atoms with van der Waals surface area (Å²) in [6.45, 7) is 1.42. The van der Waals surface area contributed by atoms with E-state index in [-0.39, 0.29) is 29.9 Å². The van der Waals surface area contributed by atoms with Crippen LogP contribution in [0.3, 0.4) is 0 Å². The molecule has 3 aliphatic rings. The maximum Gasteiger partial charge on any atom is 0.255 e. The number of benzene rings is 2. The number of nitroso groups, excluding NO2 is 1. The summed E-state index contributed by atoms with van der Waals surface area (Å²) < 4.78 is 0. The molecule has 1 fully saturated rings.